The van der Waals surface area contributed by atoms with E-state index in [1.165, 1.54) is 0 Å². The second-order valence-corrected chi connectivity index (χ2v) is 6.70. The molecule has 1 aliphatic rings. The number of aromatic nitrogens is 1. The fraction of sp³-hybridized carbons (Fsp3) is 0.0435. The van der Waals surface area contributed by atoms with E-state index in [1.807, 2.05) is 66.7 Å². The van der Waals surface area contributed by atoms with E-state index >= 15 is 0 Å². The maximum absolute atomic E-state index is 13.4. The molecule has 0 spiro atoms. The molecule has 0 atom stereocenters. The van der Waals surface area contributed by atoms with Crippen LogP contribution >= 0.6 is 0 Å². The third kappa shape index (κ3) is 2.23. The highest BCUT2D eigenvalue weighted by Gasteiger charge is 2.28. The summed E-state index contributed by atoms with van der Waals surface area (Å²) in [7, 11) is 1.74. The lowest BCUT2D eigenvalue weighted by molar-refractivity contribution is 0.104. The van der Waals surface area contributed by atoms with Gasteiger partial charge in [-0.25, -0.2) is 0 Å². The fourth-order valence-corrected chi connectivity index (χ4v) is 3.84. The molecule has 0 amide bonds. The Morgan fingerprint density at radius 1 is 0.778 bits per heavy atom. The van der Waals surface area contributed by atoms with Crippen LogP contribution in [-0.2, 0) is 7.05 Å². The van der Waals surface area contributed by atoms with Crippen molar-refractivity contribution in [2.45, 2.75) is 0 Å². The minimum absolute atomic E-state index is 0.0271. The zero-order chi connectivity index (χ0) is 18.5. The molecule has 1 heterocycles. The number of nitrogens with one attached hydrogen (secondary N) is 1. The molecule has 0 radical (unpaired) electrons. The van der Waals surface area contributed by atoms with Crippen molar-refractivity contribution in [1.82, 2.24) is 4.57 Å². The SMILES string of the molecule is Cn1c(=O)cc2c3c(c(Nc4ccccc4)ccc31)C(=O)c1ccccc1-2. The van der Waals surface area contributed by atoms with Crippen molar-refractivity contribution < 1.29 is 4.79 Å². The molecule has 4 nitrogen and oxygen atoms in total. The second kappa shape index (κ2) is 5.68. The summed E-state index contributed by atoms with van der Waals surface area (Å²) in [5.74, 6) is -0.0271. The molecule has 27 heavy (non-hydrogen) atoms. The van der Waals surface area contributed by atoms with E-state index in [-0.39, 0.29) is 11.3 Å². The van der Waals surface area contributed by atoms with Gasteiger partial charge in [0.15, 0.2) is 5.78 Å². The van der Waals surface area contributed by atoms with Crippen LogP contribution in [0.3, 0.4) is 0 Å². The number of aryl methyl sites for hydroxylation is 1. The van der Waals surface area contributed by atoms with Gasteiger partial charge in [0, 0.05) is 29.8 Å². The van der Waals surface area contributed by atoms with Gasteiger partial charge in [-0.15, -0.1) is 0 Å². The quantitative estimate of drug-likeness (QED) is 0.509. The van der Waals surface area contributed by atoms with Crippen LogP contribution in [0.5, 0.6) is 0 Å². The molecule has 0 fully saturated rings. The Hall–Kier alpha value is -3.66. The van der Waals surface area contributed by atoms with Gasteiger partial charge in [0.05, 0.1) is 16.8 Å². The van der Waals surface area contributed by atoms with Gasteiger partial charge < -0.3 is 9.88 Å². The van der Waals surface area contributed by atoms with Gasteiger partial charge in [0.25, 0.3) is 5.56 Å². The summed E-state index contributed by atoms with van der Waals surface area (Å²) >= 11 is 0. The Balaban J connectivity index is 1.88. The number of para-hydroxylation sites is 1. The first-order chi connectivity index (χ1) is 13.1. The molecule has 130 valence electrons. The third-order valence-corrected chi connectivity index (χ3v) is 5.15. The summed E-state index contributed by atoms with van der Waals surface area (Å²) in [5, 5.41) is 4.18. The maximum atomic E-state index is 13.4. The highest BCUT2D eigenvalue weighted by atomic mass is 16.1. The number of anilines is 2. The molecule has 4 heteroatoms. The molecule has 0 bridgehead atoms. The molecule has 0 saturated heterocycles. The van der Waals surface area contributed by atoms with E-state index in [0.717, 1.165) is 33.4 Å². The third-order valence-electron chi connectivity index (χ3n) is 5.15. The van der Waals surface area contributed by atoms with Crippen LogP contribution in [0, 0.1) is 0 Å². The number of hydrogen-bond acceptors (Lipinski definition) is 3. The minimum atomic E-state index is -0.0867. The van der Waals surface area contributed by atoms with Gasteiger partial charge >= 0.3 is 0 Å². The second-order valence-electron chi connectivity index (χ2n) is 6.70. The van der Waals surface area contributed by atoms with E-state index in [0.29, 0.717) is 11.1 Å². The molecular formula is C23H16N2O2. The summed E-state index contributed by atoms with van der Waals surface area (Å²) < 4.78 is 1.59. The molecule has 0 aliphatic heterocycles. The average molecular weight is 352 g/mol. The lowest BCUT2D eigenvalue weighted by Crippen LogP contribution is -2.21. The van der Waals surface area contributed by atoms with Crippen molar-refractivity contribution in [3.63, 3.8) is 0 Å². The molecular weight excluding hydrogens is 336 g/mol. The van der Waals surface area contributed by atoms with E-state index in [1.54, 1.807) is 17.7 Å². The standard InChI is InChI=1S/C23H16N2O2/c1-25-19-12-11-18(24-14-7-3-2-4-8-14)22-21(19)17(13-20(25)26)15-9-5-6-10-16(15)23(22)27/h2-13,24H,1H3. The summed E-state index contributed by atoms with van der Waals surface area (Å²) in [6.45, 7) is 0. The van der Waals surface area contributed by atoms with Crippen molar-refractivity contribution in [1.29, 1.82) is 0 Å². The van der Waals surface area contributed by atoms with Gasteiger partial charge in [-0.2, -0.15) is 0 Å². The van der Waals surface area contributed by atoms with Crippen LogP contribution in [0.4, 0.5) is 11.4 Å². The van der Waals surface area contributed by atoms with Crippen molar-refractivity contribution in [2.75, 3.05) is 5.32 Å². The minimum Gasteiger partial charge on any atom is -0.355 e. The fourth-order valence-electron chi connectivity index (χ4n) is 3.84. The highest BCUT2D eigenvalue weighted by molar-refractivity contribution is 6.28. The van der Waals surface area contributed by atoms with Crippen LogP contribution in [0.1, 0.15) is 15.9 Å². The Morgan fingerprint density at radius 3 is 2.26 bits per heavy atom. The van der Waals surface area contributed by atoms with Crippen LogP contribution in [-0.4, -0.2) is 10.4 Å². The summed E-state index contributed by atoms with van der Waals surface area (Å²) in [6, 6.07) is 22.6. The first kappa shape index (κ1) is 15.6. The van der Waals surface area contributed by atoms with Crippen LogP contribution < -0.4 is 10.9 Å². The van der Waals surface area contributed by atoms with E-state index in [4.69, 9.17) is 0 Å². The molecule has 1 aliphatic carbocycles. The number of pyridine rings is 1. The lowest BCUT2D eigenvalue weighted by atomic mass is 9.83. The Morgan fingerprint density at radius 2 is 1.48 bits per heavy atom. The topological polar surface area (TPSA) is 51.1 Å². The largest absolute Gasteiger partial charge is 0.355 e. The number of carbonyl (C=O) groups excluding carboxylic acids is 1. The number of hydrogen-bond donors (Lipinski definition) is 1. The van der Waals surface area contributed by atoms with Gasteiger partial charge in [0.2, 0.25) is 0 Å². The number of carbonyl (C=O) groups is 1. The van der Waals surface area contributed by atoms with Crippen LogP contribution in [0.15, 0.2) is 77.6 Å². The van der Waals surface area contributed by atoms with E-state index in [2.05, 4.69) is 5.32 Å². The molecule has 1 aromatic heterocycles. The summed E-state index contributed by atoms with van der Waals surface area (Å²) in [4.78, 5) is 25.9. The number of nitrogens with zero attached hydrogens (tertiary/aromatic N) is 1. The predicted octanol–water partition coefficient (Wildman–Crippen LogP) is 4.49. The average Bonchev–Trinajstić information content (AvgIpc) is 2.70. The Kier molecular flexibility index (Phi) is 3.28. The van der Waals surface area contributed by atoms with Crippen LogP contribution in [0.2, 0.25) is 0 Å². The molecule has 4 aromatic rings. The van der Waals surface area contributed by atoms with Crippen molar-refractivity contribution in [3.8, 4) is 11.1 Å². The number of benzene rings is 3. The normalized spacial score (nSPS) is 12.1. The van der Waals surface area contributed by atoms with Crippen molar-refractivity contribution in [3.05, 3.63) is 94.3 Å². The number of ketones is 1. The summed E-state index contributed by atoms with van der Waals surface area (Å²) in [5.41, 5.74) is 5.19. The first-order valence-electron chi connectivity index (χ1n) is 8.78. The lowest BCUT2D eigenvalue weighted by Gasteiger charge is -2.23. The van der Waals surface area contributed by atoms with Crippen molar-refractivity contribution in [2.24, 2.45) is 7.05 Å². The molecule has 1 N–H and O–H groups in total. The molecule has 3 aromatic carbocycles. The zero-order valence-corrected chi connectivity index (χ0v) is 14.7. The van der Waals surface area contributed by atoms with Gasteiger partial charge in [0.1, 0.15) is 0 Å². The predicted molar refractivity (Wildman–Crippen MR) is 108 cm³/mol. The molecule has 5 rings (SSSR count). The van der Waals surface area contributed by atoms with E-state index < -0.39 is 0 Å². The smallest absolute Gasteiger partial charge is 0.251 e. The van der Waals surface area contributed by atoms with Crippen molar-refractivity contribution >= 4 is 28.1 Å². The highest BCUT2D eigenvalue weighted by Crippen LogP contribution is 2.41. The van der Waals surface area contributed by atoms with Gasteiger partial charge in [-0.3, -0.25) is 9.59 Å². The van der Waals surface area contributed by atoms with Gasteiger partial charge in [-0.1, -0.05) is 42.5 Å². The maximum Gasteiger partial charge on any atom is 0.251 e. The molecule has 0 saturated carbocycles. The number of fused-ring (bicyclic) bond motifs is 2. The first-order valence-corrected chi connectivity index (χ1v) is 8.78. The Bertz CT molecular complexity index is 1290. The van der Waals surface area contributed by atoms with Gasteiger partial charge in [-0.05, 0) is 35.4 Å². The summed E-state index contributed by atoms with van der Waals surface area (Å²) in [6.07, 6.45) is 0. The van der Waals surface area contributed by atoms with E-state index in [9.17, 15) is 9.59 Å². The number of rotatable bonds is 2. The molecule has 0 unspecified atom stereocenters. The monoisotopic (exact) mass is 352 g/mol. The Labute approximate surface area is 155 Å². The zero-order valence-electron chi connectivity index (χ0n) is 14.7. The van der Waals surface area contributed by atoms with Crippen LogP contribution in [0.25, 0.3) is 22.0 Å².